The number of rotatable bonds is 4. The largest absolute Gasteiger partial charge is 0.478 e. The van der Waals surface area contributed by atoms with Crippen LogP contribution in [0.1, 0.15) is 27.1 Å². The fourth-order valence-electron chi connectivity index (χ4n) is 3.17. The normalized spacial score (nSPS) is 16.3. The van der Waals surface area contributed by atoms with E-state index in [-0.39, 0.29) is 23.3 Å². The molecule has 26 heavy (non-hydrogen) atoms. The van der Waals surface area contributed by atoms with Crippen molar-refractivity contribution >= 4 is 23.5 Å². The molecule has 2 aromatic carbocycles. The molecule has 6 nitrogen and oxygen atoms in total. The Hall–Kier alpha value is -3.15. The molecule has 1 aliphatic rings. The van der Waals surface area contributed by atoms with Gasteiger partial charge in [-0.05, 0) is 36.8 Å². The van der Waals surface area contributed by atoms with E-state index in [9.17, 15) is 14.4 Å². The molecule has 6 heteroatoms. The van der Waals surface area contributed by atoms with Crippen LogP contribution in [0.15, 0.2) is 54.6 Å². The summed E-state index contributed by atoms with van der Waals surface area (Å²) in [7, 11) is 1.73. The van der Waals surface area contributed by atoms with Gasteiger partial charge < -0.3 is 14.9 Å². The minimum absolute atomic E-state index is 0.0224. The predicted molar refractivity (Wildman–Crippen MR) is 97.3 cm³/mol. The van der Waals surface area contributed by atoms with Crippen molar-refractivity contribution in [3.8, 4) is 0 Å². The summed E-state index contributed by atoms with van der Waals surface area (Å²) in [6.45, 7) is 0.821. The maximum absolute atomic E-state index is 12.7. The van der Waals surface area contributed by atoms with E-state index in [0.717, 1.165) is 5.69 Å². The molecule has 0 radical (unpaired) electrons. The molecule has 134 valence electrons. The molecule has 1 atom stereocenters. The maximum Gasteiger partial charge on any atom is 0.335 e. The molecule has 1 saturated heterocycles. The molecule has 1 unspecified atom stereocenters. The third kappa shape index (κ3) is 3.59. The molecule has 1 heterocycles. The Bertz CT molecular complexity index is 835. The van der Waals surface area contributed by atoms with Gasteiger partial charge in [0.1, 0.15) is 0 Å². The standard InChI is InChI=1S/C20H20N2O4/c1-21(17-8-3-2-4-9-17)18(23)16-10-11-22(13-16)19(24)14-6-5-7-15(12-14)20(25)26/h2-9,12,16H,10-11,13H2,1H3,(H,25,26). The van der Waals surface area contributed by atoms with Crippen molar-refractivity contribution in [3.05, 3.63) is 65.7 Å². The van der Waals surface area contributed by atoms with E-state index < -0.39 is 5.97 Å². The maximum atomic E-state index is 12.7. The first kappa shape index (κ1) is 17.7. The van der Waals surface area contributed by atoms with Crippen LogP contribution in [-0.4, -0.2) is 47.9 Å². The molecule has 2 aromatic rings. The molecule has 0 spiro atoms. The van der Waals surface area contributed by atoms with Crippen molar-refractivity contribution in [2.75, 3.05) is 25.0 Å². The topological polar surface area (TPSA) is 77.9 Å². The summed E-state index contributed by atoms with van der Waals surface area (Å²) in [6.07, 6.45) is 0.598. The number of para-hydroxylation sites is 1. The van der Waals surface area contributed by atoms with Crippen molar-refractivity contribution in [1.82, 2.24) is 4.90 Å². The molecule has 2 amide bonds. The Balaban J connectivity index is 1.68. The first-order valence-corrected chi connectivity index (χ1v) is 8.42. The number of likely N-dealkylation sites (tertiary alicyclic amines) is 1. The van der Waals surface area contributed by atoms with Crippen LogP contribution in [0.2, 0.25) is 0 Å². The summed E-state index contributed by atoms with van der Waals surface area (Å²) >= 11 is 0. The second-order valence-electron chi connectivity index (χ2n) is 6.36. The van der Waals surface area contributed by atoms with Gasteiger partial charge in [0.05, 0.1) is 11.5 Å². The fraction of sp³-hybridized carbons (Fsp3) is 0.250. The predicted octanol–water partition coefficient (Wildman–Crippen LogP) is 2.51. The Morgan fingerprint density at radius 2 is 1.73 bits per heavy atom. The van der Waals surface area contributed by atoms with E-state index in [1.54, 1.807) is 29.0 Å². The second kappa shape index (κ2) is 7.39. The van der Waals surface area contributed by atoms with Crippen LogP contribution < -0.4 is 4.90 Å². The van der Waals surface area contributed by atoms with Gasteiger partial charge in [-0.25, -0.2) is 4.79 Å². The molecule has 1 fully saturated rings. The van der Waals surface area contributed by atoms with Crippen molar-refractivity contribution in [2.45, 2.75) is 6.42 Å². The summed E-state index contributed by atoms with van der Waals surface area (Å²) in [5.41, 5.74) is 1.22. The Morgan fingerprint density at radius 1 is 1.04 bits per heavy atom. The number of carboxylic acids is 1. The zero-order valence-corrected chi connectivity index (χ0v) is 14.5. The van der Waals surface area contributed by atoms with Gasteiger partial charge in [-0.1, -0.05) is 24.3 Å². The molecular weight excluding hydrogens is 332 g/mol. The lowest BCUT2D eigenvalue weighted by atomic mass is 10.1. The molecule has 0 saturated carbocycles. The van der Waals surface area contributed by atoms with Crippen LogP contribution in [0.25, 0.3) is 0 Å². The highest BCUT2D eigenvalue weighted by Gasteiger charge is 2.33. The van der Waals surface area contributed by atoms with Gasteiger partial charge in [0.25, 0.3) is 5.91 Å². The Morgan fingerprint density at radius 3 is 2.42 bits per heavy atom. The van der Waals surface area contributed by atoms with Gasteiger partial charge >= 0.3 is 5.97 Å². The minimum Gasteiger partial charge on any atom is -0.478 e. The van der Waals surface area contributed by atoms with Crippen molar-refractivity contribution in [2.24, 2.45) is 5.92 Å². The third-order valence-electron chi connectivity index (χ3n) is 4.66. The van der Waals surface area contributed by atoms with Gasteiger partial charge in [-0.2, -0.15) is 0 Å². The number of nitrogens with zero attached hydrogens (tertiary/aromatic N) is 2. The highest BCUT2D eigenvalue weighted by molar-refractivity contribution is 5.99. The van der Waals surface area contributed by atoms with Gasteiger partial charge in [-0.15, -0.1) is 0 Å². The number of benzene rings is 2. The SMILES string of the molecule is CN(C(=O)C1CCN(C(=O)c2cccc(C(=O)O)c2)C1)c1ccccc1. The molecule has 0 aromatic heterocycles. The zero-order chi connectivity index (χ0) is 18.7. The monoisotopic (exact) mass is 352 g/mol. The van der Waals surface area contributed by atoms with Gasteiger partial charge in [0, 0.05) is 31.4 Å². The summed E-state index contributed by atoms with van der Waals surface area (Å²) in [5, 5.41) is 9.07. The van der Waals surface area contributed by atoms with Crippen LogP contribution in [0.5, 0.6) is 0 Å². The number of aromatic carboxylic acids is 1. The zero-order valence-electron chi connectivity index (χ0n) is 14.5. The van der Waals surface area contributed by atoms with Gasteiger partial charge in [0.2, 0.25) is 5.91 Å². The fourth-order valence-corrected chi connectivity index (χ4v) is 3.17. The number of amides is 2. The minimum atomic E-state index is -1.07. The van der Waals surface area contributed by atoms with Crippen molar-refractivity contribution in [1.29, 1.82) is 0 Å². The van der Waals surface area contributed by atoms with E-state index in [2.05, 4.69) is 0 Å². The highest BCUT2D eigenvalue weighted by atomic mass is 16.4. The smallest absolute Gasteiger partial charge is 0.335 e. The Labute approximate surface area is 151 Å². The number of hydrogen-bond acceptors (Lipinski definition) is 3. The first-order valence-electron chi connectivity index (χ1n) is 8.42. The molecule has 1 N–H and O–H groups in total. The summed E-state index contributed by atoms with van der Waals surface area (Å²) in [4.78, 5) is 39.6. The quantitative estimate of drug-likeness (QED) is 0.917. The van der Waals surface area contributed by atoms with Crippen molar-refractivity contribution < 1.29 is 19.5 Å². The molecule has 0 aliphatic carbocycles. The third-order valence-corrected chi connectivity index (χ3v) is 4.66. The van der Waals surface area contributed by atoms with Gasteiger partial charge in [0.15, 0.2) is 0 Å². The molecular formula is C20H20N2O4. The molecule has 0 bridgehead atoms. The average Bonchev–Trinajstić information content (AvgIpc) is 3.17. The average molecular weight is 352 g/mol. The van der Waals surface area contributed by atoms with Crippen LogP contribution >= 0.6 is 0 Å². The van der Waals surface area contributed by atoms with Crippen LogP contribution in [-0.2, 0) is 4.79 Å². The van der Waals surface area contributed by atoms with E-state index in [1.165, 1.54) is 12.1 Å². The van der Waals surface area contributed by atoms with E-state index in [4.69, 9.17) is 5.11 Å². The van der Waals surface area contributed by atoms with Crippen molar-refractivity contribution in [3.63, 3.8) is 0 Å². The van der Waals surface area contributed by atoms with E-state index in [1.807, 2.05) is 30.3 Å². The number of anilines is 1. The number of hydrogen-bond donors (Lipinski definition) is 1. The number of carbonyl (C=O) groups is 3. The number of carbonyl (C=O) groups excluding carboxylic acids is 2. The van der Waals surface area contributed by atoms with Crippen LogP contribution in [0, 0.1) is 5.92 Å². The lowest BCUT2D eigenvalue weighted by molar-refractivity contribution is -0.121. The second-order valence-corrected chi connectivity index (χ2v) is 6.36. The van der Waals surface area contributed by atoms with E-state index >= 15 is 0 Å². The summed E-state index contributed by atoms with van der Waals surface area (Å²) in [6, 6.07) is 15.3. The highest BCUT2D eigenvalue weighted by Crippen LogP contribution is 2.23. The van der Waals surface area contributed by atoms with Crippen LogP contribution in [0.4, 0.5) is 5.69 Å². The Kier molecular flexibility index (Phi) is 5.02. The number of carboxylic acid groups (broad SMARTS) is 1. The molecule has 3 rings (SSSR count). The molecule has 1 aliphatic heterocycles. The lowest BCUT2D eigenvalue weighted by Crippen LogP contribution is -2.36. The summed E-state index contributed by atoms with van der Waals surface area (Å²) < 4.78 is 0. The van der Waals surface area contributed by atoms with Gasteiger partial charge in [-0.3, -0.25) is 9.59 Å². The van der Waals surface area contributed by atoms with Crippen LogP contribution in [0.3, 0.4) is 0 Å². The lowest BCUT2D eigenvalue weighted by Gasteiger charge is -2.22. The van der Waals surface area contributed by atoms with E-state index in [0.29, 0.717) is 25.1 Å². The summed E-state index contributed by atoms with van der Waals surface area (Å²) in [5.74, 6) is -1.60. The first-order chi connectivity index (χ1) is 12.5.